The Bertz CT molecular complexity index is 539. The third-order valence-electron chi connectivity index (χ3n) is 3.27. The maximum atomic E-state index is 13.1. The number of benzene rings is 1. The van der Waals surface area contributed by atoms with Crippen LogP contribution in [0.5, 0.6) is 0 Å². The number of rotatable bonds is 4. The molecule has 1 saturated carbocycles. The van der Waals surface area contributed by atoms with Crippen LogP contribution in [0.3, 0.4) is 0 Å². The molecule has 0 heterocycles. The van der Waals surface area contributed by atoms with Gasteiger partial charge in [-0.05, 0) is 43.4 Å². The molecule has 0 spiro atoms. The first kappa shape index (κ1) is 13.5. The van der Waals surface area contributed by atoms with Crippen LogP contribution in [-0.2, 0) is 10.0 Å². The Balaban J connectivity index is 2.08. The standard InChI is InChI=1S/C12H17FN2O2S/c1-8-2-3-10(13)6-12(8)18(16,17)15-7-9-4-11(14)5-9/h2-3,6,9,11,15H,4-5,7,14H2,1H3. The molecule has 6 heteroatoms. The summed E-state index contributed by atoms with van der Waals surface area (Å²) < 4.78 is 39.7. The zero-order valence-corrected chi connectivity index (χ0v) is 11.0. The van der Waals surface area contributed by atoms with Crippen molar-refractivity contribution in [2.24, 2.45) is 11.7 Å². The van der Waals surface area contributed by atoms with E-state index in [9.17, 15) is 12.8 Å². The Hall–Kier alpha value is -0.980. The molecule has 0 saturated heterocycles. The molecular formula is C12H17FN2O2S. The molecule has 0 unspecified atom stereocenters. The van der Waals surface area contributed by atoms with Gasteiger partial charge in [-0.3, -0.25) is 0 Å². The summed E-state index contributed by atoms with van der Waals surface area (Å²) in [6.07, 6.45) is 1.68. The normalized spacial score (nSPS) is 23.7. The van der Waals surface area contributed by atoms with Crippen molar-refractivity contribution in [3.8, 4) is 0 Å². The molecule has 4 nitrogen and oxygen atoms in total. The minimum Gasteiger partial charge on any atom is -0.328 e. The molecule has 0 aliphatic heterocycles. The lowest BCUT2D eigenvalue weighted by molar-refractivity contribution is 0.267. The monoisotopic (exact) mass is 272 g/mol. The first-order chi connectivity index (χ1) is 8.38. The van der Waals surface area contributed by atoms with Crippen LogP contribution in [0.2, 0.25) is 0 Å². The molecule has 0 bridgehead atoms. The Morgan fingerprint density at radius 3 is 2.72 bits per heavy atom. The Labute approximate surface area is 106 Å². The summed E-state index contributed by atoms with van der Waals surface area (Å²) in [7, 11) is -3.63. The van der Waals surface area contributed by atoms with Crippen LogP contribution in [-0.4, -0.2) is 21.0 Å². The van der Waals surface area contributed by atoms with Gasteiger partial charge in [-0.25, -0.2) is 17.5 Å². The van der Waals surface area contributed by atoms with Crippen LogP contribution in [0.4, 0.5) is 4.39 Å². The summed E-state index contributed by atoms with van der Waals surface area (Å²) in [6.45, 7) is 2.01. The van der Waals surface area contributed by atoms with Crippen LogP contribution in [0.1, 0.15) is 18.4 Å². The van der Waals surface area contributed by atoms with E-state index in [0.29, 0.717) is 18.0 Å². The quantitative estimate of drug-likeness (QED) is 0.863. The lowest BCUT2D eigenvalue weighted by Gasteiger charge is -2.32. The van der Waals surface area contributed by atoms with Crippen molar-refractivity contribution >= 4 is 10.0 Å². The van der Waals surface area contributed by atoms with E-state index in [1.165, 1.54) is 12.1 Å². The minimum atomic E-state index is -3.63. The average Bonchev–Trinajstić information content (AvgIpc) is 2.26. The molecule has 2 rings (SSSR count). The molecule has 1 aliphatic carbocycles. The highest BCUT2D eigenvalue weighted by molar-refractivity contribution is 7.89. The minimum absolute atomic E-state index is 0.00567. The van der Waals surface area contributed by atoms with E-state index < -0.39 is 15.8 Å². The van der Waals surface area contributed by atoms with Gasteiger partial charge in [0.25, 0.3) is 0 Å². The highest BCUT2D eigenvalue weighted by Crippen LogP contribution is 2.25. The number of halogens is 1. The Kier molecular flexibility index (Phi) is 3.70. The van der Waals surface area contributed by atoms with E-state index in [4.69, 9.17) is 5.73 Å². The first-order valence-electron chi connectivity index (χ1n) is 5.90. The van der Waals surface area contributed by atoms with Gasteiger partial charge in [-0.15, -0.1) is 0 Å². The lowest BCUT2D eigenvalue weighted by atomic mass is 9.81. The molecule has 3 N–H and O–H groups in total. The van der Waals surface area contributed by atoms with Crippen molar-refractivity contribution < 1.29 is 12.8 Å². The van der Waals surface area contributed by atoms with Gasteiger partial charge >= 0.3 is 0 Å². The number of hydrogen-bond acceptors (Lipinski definition) is 3. The predicted octanol–water partition coefficient (Wildman–Crippen LogP) is 1.15. The number of sulfonamides is 1. The molecule has 18 heavy (non-hydrogen) atoms. The number of hydrogen-bond donors (Lipinski definition) is 2. The number of nitrogens with one attached hydrogen (secondary N) is 1. The zero-order chi connectivity index (χ0) is 13.3. The fraction of sp³-hybridized carbons (Fsp3) is 0.500. The van der Waals surface area contributed by atoms with Crippen molar-refractivity contribution in [2.75, 3.05) is 6.54 Å². The van der Waals surface area contributed by atoms with E-state index >= 15 is 0 Å². The van der Waals surface area contributed by atoms with Crippen molar-refractivity contribution in [3.63, 3.8) is 0 Å². The van der Waals surface area contributed by atoms with E-state index in [2.05, 4.69) is 4.72 Å². The van der Waals surface area contributed by atoms with E-state index in [1.807, 2.05) is 0 Å². The van der Waals surface area contributed by atoms with Gasteiger partial charge < -0.3 is 5.73 Å². The second-order valence-electron chi connectivity index (χ2n) is 4.86. The molecule has 0 aromatic heterocycles. The van der Waals surface area contributed by atoms with Gasteiger partial charge in [-0.1, -0.05) is 6.07 Å². The molecule has 0 atom stereocenters. The summed E-state index contributed by atoms with van der Waals surface area (Å²) in [5, 5.41) is 0. The Morgan fingerprint density at radius 1 is 1.44 bits per heavy atom. The predicted molar refractivity (Wildman–Crippen MR) is 67.0 cm³/mol. The second-order valence-corrected chi connectivity index (χ2v) is 6.59. The molecule has 0 amide bonds. The summed E-state index contributed by atoms with van der Waals surface area (Å²) in [5.74, 6) is -0.254. The van der Waals surface area contributed by atoms with Crippen molar-refractivity contribution in [2.45, 2.75) is 30.7 Å². The maximum Gasteiger partial charge on any atom is 0.240 e. The molecule has 1 aromatic rings. The average molecular weight is 272 g/mol. The van der Waals surface area contributed by atoms with Gasteiger partial charge in [0, 0.05) is 12.6 Å². The fourth-order valence-corrected chi connectivity index (χ4v) is 3.49. The largest absolute Gasteiger partial charge is 0.328 e. The zero-order valence-electron chi connectivity index (χ0n) is 10.2. The first-order valence-corrected chi connectivity index (χ1v) is 7.38. The third kappa shape index (κ3) is 2.88. The molecular weight excluding hydrogens is 255 g/mol. The van der Waals surface area contributed by atoms with Crippen molar-refractivity contribution in [3.05, 3.63) is 29.6 Å². The van der Waals surface area contributed by atoms with Crippen LogP contribution >= 0.6 is 0 Å². The van der Waals surface area contributed by atoms with Gasteiger partial charge in [0.1, 0.15) is 5.82 Å². The van der Waals surface area contributed by atoms with Gasteiger partial charge in [0.05, 0.1) is 4.90 Å². The highest BCUT2D eigenvalue weighted by Gasteiger charge is 2.27. The van der Waals surface area contributed by atoms with Gasteiger partial charge in [-0.2, -0.15) is 0 Å². The topological polar surface area (TPSA) is 72.2 Å². The summed E-state index contributed by atoms with van der Waals surface area (Å²) in [6, 6.07) is 3.95. The second kappa shape index (κ2) is 4.95. The van der Waals surface area contributed by atoms with Crippen molar-refractivity contribution in [1.82, 2.24) is 4.72 Å². The van der Waals surface area contributed by atoms with Crippen LogP contribution < -0.4 is 10.5 Å². The smallest absolute Gasteiger partial charge is 0.240 e. The molecule has 0 radical (unpaired) electrons. The van der Waals surface area contributed by atoms with E-state index in [1.54, 1.807) is 6.92 Å². The van der Waals surface area contributed by atoms with Gasteiger partial charge in [0.2, 0.25) is 10.0 Å². The van der Waals surface area contributed by atoms with Gasteiger partial charge in [0.15, 0.2) is 0 Å². The molecule has 1 fully saturated rings. The maximum absolute atomic E-state index is 13.1. The number of aryl methyl sites for hydroxylation is 1. The third-order valence-corrected chi connectivity index (χ3v) is 4.84. The van der Waals surface area contributed by atoms with E-state index in [0.717, 1.165) is 18.9 Å². The molecule has 1 aliphatic rings. The Morgan fingerprint density at radius 2 is 2.11 bits per heavy atom. The lowest BCUT2D eigenvalue weighted by Crippen LogP contribution is -2.42. The fourth-order valence-electron chi connectivity index (χ4n) is 2.12. The number of nitrogens with two attached hydrogens (primary N) is 1. The summed E-state index contributed by atoms with van der Waals surface area (Å²) in [5.41, 5.74) is 6.17. The van der Waals surface area contributed by atoms with Crippen molar-refractivity contribution in [1.29, 1.82) is 0 Å². The molecule has 1 aromatic carbocycles. The van der Waals surface area contributed by atoms with Crippen LogP contribution in [0.15, 0.2) is 23.1 Å². The van der Waals surface area contributed by atoms with E-state index in [-0.39, 0.29) is 10.9 Å². The summed E-state index contributed by atoms with van der Waals surface area (Å²) in [4.78, 5) is 0.00567. The SMILES string of the molecule is Cc1ccc(F)cc1S(=O)(=O)NCC1CC(N)C1. The molecule has 100 valence electrons. The van der Waals surface area contributed by atoms with Crippen LogP contribution in [0.25, 0.3) is 0 Å². The highest BCUT2D eigenvalue weighted by atomic mass is 32.2. The van der Waals surface area contributed by atoms with Crippen LogP contribution in [0, 0.1) is 18.7 Å². The summed E-state index contributed by atoms with van der Waals surface area (Å²) >= 11 is 0.